The number of aliphatic hydroxyl groups is 1. The number of ether oxygens (including phenoxy) is 2. The van der Waals surface area contributed by atoms with Gasteiger partial charge in [0.1, 0.15) is 18.5 Å². The minimum absolute atomic E-state index is 0.0980. The third-order valence-electron chi connectivity index (χ3n) is 9.30. The lowest BCUT2D eigenvalue weighted by atomic mass is 9.70. The molecule has 4 nitrogen and oxygen atoms in total. The number of esters is 1. The Morgan fingerprint density at radius 2 is 1.56 bits per heavy atom. The van der Waals surface area contributed by atoms with Crippen molar-refractivity contribution in [3.8, 4) is 5.75 Å². The normalized spacial score (nSPS) is 17.1. The van der Waals surface area contributed by atoms with Crippen LogP contribution in [0.5, 0.6) is 5.75 Å². The van der Waals surface area contributed by atoms with E-state index in [4.69, 9.17) is 9.47 Å². The maximum absolute atomic E-state index is 11.4. The number of benzene rings is 2. The van der Waals surface area contributed by atoms with Gasteiger partial charge in [-0.05, 0) is 79.8 Å². The molecule has 1 unspecified atom stereocenters. The predicted octanol–water partition coefficient (Wildman–Crippen LogP) is 9.40. The van der Waals surface area contributed by atoms with Gasteiger partial charge < -0.3 is 14.6 Å². The molecule has 1 saturated heterocycles. The molecular weight excluding hydrogens is 508 g/mol. The van der Waals surface area contributed by atoms with Crippen LogP contribution in [0, 0.1) is 13.8 Å². The molecule has 0 bridgehead atoms. The highest BCUT2D eigenvalue weighted by Gasteiger charge is 2.32. The number of rotatable bonds is 17. The summed E-state index contributed by atoms with van der Waals surface area (Å²) in [6.45, 7) is 13.5. The molecule has 1 aliphatic rings. The molecule has 2 aromatic rings. The standard InChI is InChI=1S/C37H54O4/c1-7-11-12-13-14-15-23-36(39,8-2)24-22-30-16-17-31(25-28(30)5)37(9-3,10-4)32-18-20-34(29(6)26-32)40-27-33-19-21-35(38)41-33/h16-18,20,22,24-26,33,39H,7-15,19,21,23,27H2,1-6H3/t33?,36-/m0/s1. The van der Waals surface area contributed by atoms with E-state index >= 15 is 0 Å². The molecule has 41 heavy (non-hydrogen) atoms. The van der Waals surface area contributed by atoms with Crippen LogP contribution in [0.25, 0.3) is 6.08 Å². The topological polar surface area (TPSA) is 55.8 Å². The van der Waals surface area contributed by atoms with E-state index in [0.717, 1.165) is 55.4 Å². The fourth-order valence-electron chi connectivity index (χ4n) is 6.22. The number of cyclic esters (lactones) is 1. The number of unbranched alkanes of at least 4 members (excludes halogenated alkanes) is 5. The summed E-state index contributed by atoms with van der Waals surface area (Å²) < 4.78 is 11.4. The summed E-state index contributed by atoms with van der Waals surface area (Å²) in [5, 5.41) is 11.2. The van der Waals surface area contributed by atoms with E-state index in [0.29, 0.717) is 13.0 Å². The molecule has 0 aromatic heterocycles. The molecule has 2 aromatic carbocycles. The zero-order valence-electron chi connectivity index (χ0n) is 26.6. The van der Waals surface area contributed by atoms with Crippen LogP contribution < -0.4 is 4.74 Å². The van der Waals surface area contributed by atoms with E-state index in [1.807, 2.05) is 6.08 Å². The summed E-state index contributed by atoms with van der Waals surface area (Å²) >= 11 is 0. The van der Waals surface area contributed by atoms with Crippen LogP contribution in [-0.2, 0) is 14.9 Å². The zero-order chi connectivity index (χ0) is 29.9. The van der Waals surface area contributed by atoms with Crippen molar-refractivity contribution in [1.82, 2.24) is 0 Å². The van der Waals surface area contributed by atoms with Gasteiger partial charge in [0.05, 0.1) is 5.60 Å². The molecule has 3 rings (SSSR count). The van der Waals surface area contributed by atoms with Crippen LogP contribution >= 0.6 is 0 Å². The summed E-state index contributed by atoms with van der Waals surface area (Å²) in [6.07, 6.45) is 16.2. The van der Waals surface area contributed by atoms with Crippen molar-refractivity contribution in [2.75, 3.05) is 6.61 Å². The lowest BCUT2D eigenvalue weighted by Gasteiger charge is -2.34. The molecule has 1 N–H and O–H groups in total. The molecule has 226 valence electrons. The monoisotopic (exact) mass is 562 g/mol. The van der Waals surface area contributed by atoms with Crippen LogP contribution in [0.3, 0.4) is 0 Å². The van der Waals surface area contributed by atoms with Gasteiger partial charge in [-0.2, -0.15) is 0 Å². The first-order valence-electron chi connectivity index (χ1n) is 16.2. The van der Waals surface area contributed by atoms with Crippen molar-refractivity contribution in [2.45, 2.75) is 136 Å². The lowest BCUT2D eigenvalue weighted by Crippen LogP contribution is -2.26. The van der Waals surface area contributed by atoms with Crippen molar-refractivity contribution in [1.29, 1.82) is 0 Å². The Balaban J connectivity index is 1.74. The average molecular weight is 563 g/mol. The molecule has 0 aliphatic carbocycles. The Bertz CT molecular complexity index is 1150. The quantitative estimate of drug-likeness (QED) is 0.154. The highest BCUT2D eigenvalue weighted by molar-refractivity contribution is 5.71. The van der Waals surface area contributed by atoms with Gasteiger partial charge in [0.2, 0.25) is 0 Å². The van der Waals surface area contributed by atoms with Crippen molar-refractivity contribution < 1.29 is 19.4 Å². The lowest BCUT2D eigenvalue weighted by molar-refractivity contribution is -0.142. The largest absolute Gasteiger partial charge is 0.489 e. The summed E-state index contributed by atoms with van der Waals surface area (Å²) in [5.41, 5.74) is 5.26. The summed E-state index contributed by atoms with van der Waals surface area (Å²) in [6, 6.07) is 13.3. The predicted molar refractivity (Wildman–Crippen MR) is 171 cm³/mol. The van der Waals surface area contributed by atoms with Crippen molar-refractivity contribution in [2.24, 2.45) is 0 Å². The smallest absolute Gasteiger partial charge is 0.306 e. The van der Waals surface area contributed by atoms with Crippen molar-refractivity contribution >= 4 is 12.0 Å². The Morgan fingerprint density at radius 1 is 0.902 bits per heavy atom. The number of hydrogen-bond donors (Lipinski definition) is 1. The number of hydrogen-bond acceptors (Lipinski definition) is 4. The van der Waals surface area contributed by atoms with E-state index in [9.17, 15) is 9.90 Å². The number of aryl methyl sites for hydroxylation is 2. The van der Waals surface area contributed by atoms with E-state index in [1.54, 1.807) is 0 Å². The van der Waals surface area contributed by atoms with E-state index < -0.39 is 5.60 Å². The summed E-state index contributed by atoms with van der Waals surface area (Å²) in [7, 11) is 0. The average Bonchev–Trinajstić information content (AvgIpc) is 3.39. The summed E-state index contributed by atoms with van der Waals surface area (Å²) in [5.74, 6) is 0.714. The van der Waals surface area contributed by atoms with Gasteiger partial charge in [0.15, 0.2) is 0 Å². The van der Waals surface area contributed by atoms with Gasteiger partial charge in [0.25, 0.3) is 0 Å². The van der Waals surface area contributed by atoms with Gasteiger partial charge in [-0.15, -0.1) is 0 Å². The Kier molecular flexibility index (Phi) is 12.5. The Morgan fingerprint density at radius 3 is 2.15 bits per heavy atom. The highest BCUT2D eigenvalue weighted by Crippen LogP contribution is 2.41. The molecule has 1 aliphatic heterocycles. The number of carbonyl (C=O) groups is 1. The first-order valence-corrected chi connectivity index (χ1v) is 16.2. The highest BCUT2D eigenvalue weighted by atomic mass is 16.6. The van der Waals surface area contributed by atoms with Crippen molar-refractivity contribution in [3.05, 3.63) is 70.3 Å². The third kappa shape index (κ3) is 8.70. The SMILES string of the molecule is CCCCCCCC[C@](O)(C=Cc1ccc(C(CC)(CC)c2ccc(OCC3CCC(=O)O3)c(C)c2)cc1C)CC. The van der Waals surface area contributed by atoms with Crippen LogP contribution in [0.1, 0.15) is 133 Å². The molecule has 0 saturated carbocycles. The maximum atomic E-state index is 11.4. The fourth-order valence-corrected chi connectivity index (χ4v) is 6.22. The van der Waals surface area contributed by atoms with Crippen LogP contribution in [0.4, 0.5) is 0 Å². The van der Waals surface area contributed by atoms with Gasteiger partial charge in [-0.3, -0.25) is 4.79 Å². The van der Waals surface area contributed by atoms with Gasteiger partial charge in [0, 0.05) is 11.8 Å². The second-order valence-electron chi connectivity index (χ2n) is 12.1. The number of carbonyl (C=O) groups excluding carboxylic acids is 1. The molecule has 0 radical (unpaired) electrons. The van der Waals surface area contributed by atoms with Gasteiger partial charge >= 0.3 is 5.97 Å². The minimum Gasteiger partial charge on any atom is -0.489 e. The van der Waals surface area contributed by atoms with Crippen LogP contribution in [0.15, 0.2) is 42.5 Å². The van der Waals surface area contributed by atoms with E-state index in [2.05, 4.69) is 84.0 Å². The first kappa shape index (κ1) is 32.9. The first-order chi connectivity index (χ1) is 19.7. The van der Waals surface area contributed by atoms with E-state index in [1.165, 1.54) is 48.8 Å². The molecule has 1 heterocycles. The van der Waals surface area contributed by atoms with Crippen LogP contribution in [-0.4, -0.2) is 29.4 Å². The second kappa shape index (κ2) is 15.6. The van der Waals surface area contributed by atoms with Crippen molar-refractivity contribution in [3.63, 3.8) is 0 Å². The third-order valence-corrected chi connectivity index (χ3v) is 9.30. The van der Waals surface area contributed by atoms with Crippen LogP contribution in [0.2, 0.25) is 0 Å². The molecular formula is C37H54O4. The zero-order valence-corrected chi connectivity index (χ0v) is 26.6. The van der Waals surface area contributed by atoms with Gasteiger partial charge in [-0.1, -0.05) is 109 Å². The van der Waals surface area contributed by atoms with E-state index in [-0.39, 0.29) is 17.5 Å². The Labute approximate surface area is 249 Å². The minimum atomic E-state index is -0.743. The molecule has 1 fully saturated rings. The second-order valence-corrected chi connectivity index (χ2v) is 12.1. The fraction of sp³-hybridized carbons (Fsp3) is 0.595. The molecule has 0 amide bonds. The Hall–Kier alpha value is -2.59. The summed E-state index contributed by atoms with van der Waals surface area (Å²) in [4.78, 5) is 11.4. The molecule has 4 heteroatoms. The molecule has 2 atom stereocenters. The molecule has 0 spiro atoms. The van der Waals surface area contributed by atoms with Gasteiger partial charge in [-0.25, -0.2) is 0 Å². The maximum Gasteiger partial charge on any atom is 0.306 e.